The summed E-state index contributed by atoms with van der Waals surface area (Å²) in [6.07, 6.45) is -0.452. The molecule has 1 fully saturated rings. The highest BCUT2D eigenvalue weighted by atomic mass is 79.9. The number of amides is 1. The van der Waals surface area contributed by atoms with Crippen molar-refractivity contribution in [3.8, 4) is 5.75 Å². The van der Waals surface area contributed by atoms with Crippen molar-refractivity contribution < 1.29 is 32.5 Å². The largest absolute Gasteiger partial charge is 0.494 e. The van der Waals surface area contributed by atoms with E-state index >= 15 is 0 Å². The number of hydrogen-bond donors (Lipinski definition) is 1. The lowest BCUT2D eigenvalue weighted by Gasteiger charge is -2.37. The van der Waals surface area contributed by atoms with Crippen LogP contribution in [0.5, 0.6) is 5.75 Å². The molecule has 0 saturated carbocycles. The van der Waals surface area contributed by atoms with Crippen LogP contribution >= 0.6 is 15.9 Å². The van der Waals surface area contributed by atoms with E-state index < -0.39 is 21.5 Å². The monoisotopic (exact) mass is 656 g/mol. The van der Waals surface area contributed by atoms with Gasteiger partial charge in [0.1, 0.15) is 5.75 Å². The molecule has 1 N–H and O–H groups in total. The van der Waals surface area contributed by atoms with Crippen molar-refractivity contribution >= 4 is 37.6 Å². The smallest absolute Gasteiger partial charge is 0.255 e. The van der Waals surface area contributed by atoms with Crippen molar-refractivity contribution in [3.05, 3.63) is 94.5 Å². The highest BCUT2D eigenvalue weighted by molar-refractivity contribution is 9.10. The minimum Gasteiger partial charge on any atom is -0.494 e. The summed E-state index contributed by atoms with van der Waals surface area (Å²) in [4.78, 5) is 21.3. The number of benzene rings is 3. The molecule has 0 spiro atoms. The summed E-state index contributed by atoms with van der Waals surface area (Å²) >= 11 is 3.62. The van der Waals surface area contributed by atoms with E-state index in [-0.39, 0.29) is 35.5 Å². The zero-order valence-electron chi connectivity index (χ0n) is 23.0. The Morgan fingerprint density at radius 1 is 1.02 bits per heavy atom. The van der Waals surface area contributed by atoms with E-state index in [4.69, 9.17) is 24.3 Å². The Morgan fingerprint density at radius 2 is 1.71 bits per heavy atom. The summed E-state index contributed by atoms with van der Waals surface area (Å²) in [5.74, 6) is 0.272. The Balaban J connectivity index is 1.57. The molecule has 2 aliphatic heterocycles. The van der Waals surface area contributed by atoms with Crippen LogP contribution in [0.3, 0.4) is 0 Å². The van der Waals surface area contributed by atoms with Gasteiger partial charge in [-0.1, -0.05) is 52.3 Å². The summed E-state index contributed by atoms with van der Waals surface area (Å²) in [5.41, 5.74) is -0.225. The Morgan fingerprint density at radius 3 is 2.40 bits per heavy atom. The first-order valence-corrected chi connectivity index (χ1v) is 16.3. The van der Waals surface area contributed by atoms with Crippen molar-refractivity contribution in [1.29, 1.82) is 0 Å². The van der Waals surface area contributed by atoms with Gasteiger partial charge in [0.2, 0.25) is 5.90 Å². The number of hydrogen-bond acceptors (Lipinski definition) is 8. The van der Waals surface area contributed by atoms with E-state index in [2.05, 4.69) is 15.9 Å². The minimum atomic E-state index is -3.73. The van der Waals surface area contributed by atoms with Gasteiger partial charge in [0.25, 0.3) is 5.91 Å². The van der Waals surface area contributed by atoms with Crippen LogP contribution in [0.4, 0.5) is 0 Å². The molecule has 0 aliphatic carbocycles. The number of sulfone groups is 1. The molecule has 42 heavy (non-hydrogen) atoms. The third-order valence-corrected chi connectivity index (χ3v) is 9.80. The van der Waals surface area contributed by atoms with Crippen LogP contribution in [-0.4, -0.2) is 81.0 Å². The molecule has 0 unspecified atom stereocenters. The van der Waals surface area contributed by atoms with Gasteiger partial charge in [0.15, 0.2) is 21.5 Å². The van der Waals surface area contributed by atoms with E-state index in [1.165, 1.54) is 0 Å². The standard InChI is InChI=1S/C31H33BrN2O7S/c32-27-10-5-4-9-26(27)28-31(30(36)34-16-20-39-21-17-34,15-22-42(37,38)25-7-2-1-3-8-25)33-29(41-28)23-11-13-24(14-12-23)40-19-6-18-35/h1-5,7-14,28,35H,6,15-22H2/t28-,31-/m1/s1. The van der Waals surface area contributed by atoms with Crippen LogP contribution in [-0.2, 0) is 24.1 Å². The zero-order chi connectivity index (χ0) is 29.6. The van der Waals surface area contributed by atoms with Crippen LogP contribution in [0.15, 0.2) is 93.2 Å². The number of carbonyl (C=O) groups is 1. The van der Waals surface area contributed by atoms with Crippen molar-refractivity contribution in [2.75, 3.05) is 45.3 Å². The molecule has 0 aromatic heterocycles. The number of halogens is 1. The SMILES string of the molecule is O=C(N1CCOCC1)[C@]1(CCS(=O)(=O)c2ccccc2)N=C(c2ccc(OCCCO)cc2)O[C@@H]1c1ccccc1Br. The number of aliphatic hydroxyl groups is 1. The molecule has 0 radical (unpaired) electrons. The van der Waals surface area contributed by atoms with Gasteiger partial charge in [-0.3, -0.25) is 4.79 Å². The van der Waals surface area contributed by atoms with Crippen molar-refractivity contribution in [1.82, 2.24) is 4.90 Å². The van der Waals surface area contributed by atoms with E-state index in [0.717, 1.165) is 4.47 Å². The van der Waals surface area contributed by atoms with E-state index in [1.807, 2.05) is 24.3 Å². The molecule has 9 nitrogen and oxygen atoms in total. The first-order valence-electron chi connectivity index (χ1n) is 13.8. The lowest BCUT2D eigenvalue weighted by atomic mass is 9.84. The van der Waals surface area contributed by atoms with Gasteiger partial charge in [-0.25, -0.2) is 13.4 Å². The maximum absolute atomic E-state index is 14.5. The number of aliphatic imine (C=N–C) groups is 1. The molecule has 3 aromatic rings. The average Bonchev–Trinajstić information content (AvgIpc) is 3.42. The Labute approximate surface area is 254 Å². The van der Waals surface area contributed by atoms with Crippen LogP contribution in [0, 0.1) is 0 Å². The van der Waals surface area contributed by atoms with Gasteiger partial charge < -0.3 is 24.2 Å². The van der Waals surface area contributed by atoms with Gasteiger partial charge in [0, 0.05) is 48.1 Å². The van der Waals surface area contributed by atoms with Gasteiger partial charge in [-0.05, 0) is 42.5 Å². The molecule has 2 heterocycles. The van der Waals surface area contributed by atoms with Gasteiger partial charge in [-0.15, -0.1) is 0 Å². The predicted octanol–water partition coefficient (Wildman–Crippen LogP) is 4.19. The molecular weight excluding hydrogens is 624 g/mol. The van der Waals surface area contributed by atoms with Crippen molar-refractivity contribution in [2.45, 2.75) is 29.4 Å². The predicted molar refractivity (Wildman–Crippen MR) is 161 cm³/mol. The van der Waals surface area contributed by atoms with Crippen LogP contribution in [0.2, 0.25) is 0 Å². The Hall–Kier alpha value is -3.25. The quantitative estimate of drug-likeness (QED) is 0.308. The van der Waals surface area contributed by atoms with Gasteiger partial charge in [-0.2, -0.15) is 0 Å². The first-order chi connectivity index (χ1) is 20.3. The fourth-order valence-corrected chi connectivity index (χ4v) is 6.97. The van der Waals surface area contributed by atoms with E-state index in [1.54, 1.807) is 59.5 Å². The summed E-state index contributed by atoms with van der Waals surface area (Å²) in [7, 11) is -3.73. The number of rotatable bonds is 11. The molecule has 2 aliphatic rings. The lowest BCUT2D eigenvalue weighted by Crippen LogP contribution is -2.54. The summed E-state index contributed by atoms with van der Waals surface area (Å²) in [5, 5.41) is 9.03. The number of morpholine rings is 1. The highest BCUT2D eigenvalue weighted by Crippen LogP contribution is 2.46. The van der Waals surface area contributed by atoms with Crippen LogP contribution in [0.25, 0.3) is 0 Å². The van der Waals surface area contributed by atoms with Gasteiger partial charge in [0.05, 0.1) is 30.5 Å². The second-order valence-electron chi connectivity index (χ2n) is 10.1. The molecule has 11 heteroatoms. The fraction of sp³-hybridized carbons (Fsp3) is 0.355. The van der Waals surface area contributed by atoms with Crippen LogP contribution in [0.1, 0.15) is 30.1 Å². The number of nitrogens with zero attached hydrogens (tertiary/aromatic N) is 2. The van der Waals surface area contributed by atoms with Gasteiger partial charge >= 0.3 is 0 Å². The lowest BCUT2D eigenvalue weighted by molar-refractivity contribution is -0.144. The second-order valence-corrected chi connectivity index (χ2v) is 13.1. The average molecular weight is 658 g/mol. The van der Waals surface area contributed by atoms with E-state index in [0.29, 0.717) is 56.2 Å². The fourth-order valence-electron chi connectivity index (χ4n) is 5.09. The molecule has 3 aromatic carbocycles. The molecule has 5 rings (SSSR count). The zero-order valence-corrected chi connectivity index (χ0v) is 25.4. The number of carbonyl (C=O) groups excluding carboxylic acids is 1. The highest BCUT2D eigenvalue weighted by Gasteiger charge is 2.55. The Bertz CT molecular complexity index is 1510. The molecule has 2 atom stereocenters. The summed E-state index contributed by atoms with van der Waals surface area (Å²) in [6, 6.07) is 22.8. The molecule has 222 valence electrons. The number of ether oxygens (including phenoxy) is 3. The molecule has 1 saturated heterocycles. The van der Waals surface area contributed by atoms with Crippen LogP contribution < -0.4 is 4.74 Å². The number of aliphatic hydroxyl groups excluding tert-OH is 1. The first kappa shape index (κ1) is 30.2. The Kier molecular flexibility index (Phi) is 9.62. The summed E-state index contributed by atoms with van der Waals surface area (Å²) in [6.45, 7) is 1.94. The third kappa shape index (κ3) is 6.54. The summed E-state index contributed by atoms with van der Waals surface area (Å²) < 4.78 is 45.3. The third-order valence-electron chi connectivity index (χ3n) is 7.35. The topological polar surface area (TPSA) is 115 Å². The molecule has 1 amide bonds. The van der Waals surface area contributed by atoms with Crippen molar-refractivity contribution in [2.24, 2.45) is 4.99 Å². The molecule has 0 bridgehead atoms. The normalized spacial score (nSPS) is 20.6. The molecular formula is C31H33BrN2O7S. The minimum absolute atomic E-state index is 0.0401. The van der Waals surface area contributed by atoms with Crippen molar-refractivity contribution in [3.63, 3.8) is 0 Å². The maximum Gasteiger partial charge on any atom is 0.255 e. The maximum atomic E-state index is 14.5. The van der Waals surface area contributed by atoms with E-state index in [9.17, 15) is 13.2 Å². The second kappa shape index (κ2) is 13.4.